The molecule has 4 heteroatoms. The predicted octanol–water partition coefficient (Wildman–Crippen LogP) is 4.16. The molecule has 1 aliphatic rings. The molecule has 0 bridgehead atoms. The van der Waals surface area contributed by atoms with E-state index in [9.17, 15) is 0 Å². The molecule has 0 spiro atoms. The summed E-state index contributed by atoms with van der Waals surface area (Å²) in [5.74, 6) is 1.11. The second-order valence-corrected chi connectivity index (χ2v) is 6.27. The first-order valence-electron chi connectivity index (χ1n) is 7.01. The molecule has 1 atom stereocenters. The Morgan fingerprint density at radius 1 is 1.42 bits per heavy atom. The van der Waals surface area contributed by atoms with Crippen molar-refractivity contribution in [3.8, 4) is 0 Å². The summed E-state index contributed by atoms with van der Waals surface area (Å²) in [6.07, 6.45) is 6.87. The minimum Gasteiger partial charge on any atom is -0.468 e. The molecule has 0 saturated carbocycles. The number of nitrogens with zero attached hydrogens (tertiary/aromatic N) is 2. The Kier molecular flexibility index (Phi) is 3.99. The molecular formula is C15H20N2OS. The second kappa shape index (κ2) is 5.88. The number of hydrogen-bond acceptors (Lipinski definition) is 4. The molecule has 19 heavy (non-hydrogen) atoms. The summed E-state index contributed by atoms with van der Waals surface area (Å²) in [5.41, 5.74) is 1.20. The topological polar surface area (TPSA) is 29.3 Å². The molecule has 1 aliphatic heterocycles. The zero-order chi connectivity index (χ0) is 13.1. The average Bonchev–Trinajstić information content (AvgIpc) is 3.00. The molecule has 1 fully saturated rings. The molecule has 2 aromatic heterocycles. The lowest BCUT2D eigenvalue weighted by Crippen LogP contribution is -2.28. The fourth-order valence-corrected chi connectivity index (χ4v) is 3.45. The molecule has 0 aromatic carbocycles. The highest BCUT2D eigenvalue weighted by Crippen LogP contribution is 2.31. The fraction of sp³-hybridized carbons (Fsp3) is 0.533. The van der Waals surface area contributed by atoms with Crippen molar-refractivity contribution in [2.75, 3.05) is 6.54 Å². The first kappa shape index (κ1) is 12.9. The van der Waals surface area contributed by atoms with Crippen molar-refractivity contribution in [2.45, 2.75) is 45.2 Å². The molecule has 0 amide bonds. The monoisotopic (exact) mass is 276 g/mol. The molecule has 0 N–H and O–H groups in total. The van der Waals surface area contributed by atoms with Crippen LogP contribution in [0.3, 0.4) is 0 Å². The van der Waals surface area contributed by atoms with Crippen LogP contribution in [0.15, 0.2) is 28.2 Å². The molecule has 2 aromatic rings. The van der Waals surface area contributed by atoms with Gasteiger partial charge < -0.3 is 4.42 Å². The number of thiazole rings is 1. The van der Waals surface area contributed by atoms with Gasteiger partial charge in [-0.25, -0.2) is 4.98 Å². The SMILES string of the molecule is Cc1nc(CN2CCCCC[C@H]2c2ccco2)cs1. The van der Waals surface area contributed by atoms with Gasteiger partial charge in [0.1, 0.15) is 5.76 Å². The van der Waals surface area contributed by atoms with Gasteiger partial charge >= 0.3 is 0 Å². The minimum absolute atomic E-state index is 0.416. The number of likely N-dealkylation sites (tertiary alicyclic amines) is 1. The van der Waals surface area contributed by atoms with Crippen molar-refractivity contribution in [3.63, 3.8) is 0 Å². The highest BCUT2D eigenvalue weighted by molar-refractivity contribution is 7.09. The van der Waals surface area contributed by atoms with Crippen LogP contribution in [0.25, 0.3) is 0 Å². The largest absolute Gasteiger partial charge is 0.468 e. The maximum absolute atomic E-state index is 5.64. The third kappa shape index (κ3) is 3.07. The van der Waals surface area contributed by atoms with Crippen molar-refractivity contribution < 1.29 is 4.42 Å². The normalized spacial score (nSPS) is 21.4. The van der Waals surface area contributed by atoms with E-state index in [0.29, 0.717) is 6.04 Å². The van der Waals surface area contributed by atoms with Crippen LogP contribution in [0, 0.1) is 6.92 Å². The second-order valence-electron chi connectivity index (χ2n) is 5.21. The summed E-state index contributed by atoms with van der Waals surface area (Å²) >= 11 is 1.74. The van der Waals surface area contributed by atoms with E-state index in [4.69, 9.17) is 4.42 Å². The standard InChI is InChI=1S/C15H20N2OS/c1-12-16-13(11-19-12)10-17-8-4-2-3-6-14(17)15-7-5-9-18-15/h5,7,9,11,14H,2-4,6,8,10H2,1H3/t14-/m0/s1. The lowest BCUT2D eigenvalue weighted by Gasteiger charge is -2.27. The molecule has 3 rings (SSSR count). The zero-order valence-electron chi connectivity index (χ0n) is 11.3. The smallest absolute Gasteiger partial charge is 0.120 e. The van der Waals surface area contributed by atoms with Gasteiger partial charge in [-0.05, 0) is 38.4 Å². The Hall–Kier alpha value is -1.13. The Morgan fingerprint density at radius 3 is 3.11 bits per heavy atom. The van der Waals surface area contributed by atoms with E-state index in [2.05, 4.69) is 28.3 Å². The molecule has 1 saturated heterocycles. The van der Waals surface area contributed by atoms with Gasteiger partial charge in [-0.3, -0.25) is 4.90 Å². The Balaban J connectivity index is 1.78. The molecule has 0 unspecified atom stereocenters. The van der Waals surface area contributed by atoms with Crippen LogP contribution in [-0.2, 0) is 6.54 Å². The summed E-state index contributed by atoms with van der Waals surface area (Å²) in [6, 6.07) is 4.51. The summed E-state index contributed by atoms with van der Waals surface area (Å²) in [4.78, 5) is 7.13. The molecule has 102 valence electrons. The van der Waals surface area contributed by atoms with Crippen LogP contribution in [0.2, 0.25) is 0 Å². The number of aromatic nitrogens is 1. The fourth-order valence-electron chi connectivity index (χ4n) is 2.85. The number of furan rings is 1. The average molecular weight is 276 g/mol. The zero-order valence-corrected chi connectivity index (χ0v) is 12.2. The number of hydrogen-bond donors (Lipinski definition) is 0. The Labute approximate surface area is 118 Å². The third-order valence-electron chi connectivity index (χ3n) is 3.77. The summed E-state index contributed by atoms with van der Waals surface area (Å²) in [5, 5.41) is 3.33. The van der Waals surface area contributed by atoms with Gasteiger partial charge in [-0.2, -0.15) is 0 Å². The van der Waals surface area contributed by atoms with Gasteiger partial charge in [0.2, 0.25) is 0 Å². The summed E-state index contributed by atoms with van der Waals surface area (Å²) < 4.78 is 5.64. The quantitative estimate of drug-likeness (QED) is 0.843. The van der Waals surface area contributed by atoms with Crippen LogP contribution < -0.4 is 0 Å². The van der Waals surface area contributed by atoms with Gasteiger partial charge in [-0.1, -0.05) is 12.8 Å². The van der Waals surface area contributed by atoms with E-state index >= 15 is 0 Å². The van der Waals surface area contributed by atoms with Gasteiger partial charge in [0, 0.05) is 11.9 Å². The molecule has 3 nitrogen and oxygen atoms in total. The predicted molar refractivity (Wildman–Crippen MR) is 77.2 cm³/mol. The van der Waals surface area contributed by atoms with Crippen molar-refractivity contribution in [1.82, 2.24) is 9.88 Å². The maximum Gasteiger partial charge on any atom is 0.120 e. The first-order chi connectivity index (χ1) is 9.33. The number of aryl methyl sites for hydroxylation is 1. The van der Waals surface area contributed by atoms with Crippen molar-refractivity contribution in [3.05, 3.63) is 40.2 Å². The van der Waals surface area contributed by atoms with Gasteiger partial charge in [0.15, 0.2) is 0 Å². The van der Waals surface area contributed by atoms with Crippen molar-refractivity contribution in [2.24, 2.45) is 0 Å². The van der Waals surface area contributed by atoms with Crippen molar-refractivity contribution in [1.29, 1.82) is 0 Å². The third-order valence-corrected chi connectivity index (χ3v) is 4.59. The Bertz CT molecular complexity index is 506. The highest BCUT2D eigenvalue weighted by Gasteiger charge is 2.25. The van der Waals surface area contributed by atoms with Gasteiger partial charge in [0.25, 0.3) is 0 Å². The van der Waals surface area contributed by atoms with Crippen LogP contribution in [0.1, 0.15) is 48.2 Å². The van der Waals surface area contributed by atoms with E-state index in [1.807, 2.05) is 6.07 Å². The molecule has 0 radical (unpaired) electrons. The molecular weight excluding hydrogens is 256 g/mol. The van der Waals surface area contributed by atoms with Gasteiger partial charge in [0.05, 0.1) is 23.0 Å². The van der Waals surface area contributed by atoms with E-state index in [0.717, 1.165) is 23.9 Å². The van der Waals surface area contributed by atoms with Crippen LogP contribution in [0.5, 0.6) is 0 Å². The number of rotatable bonds is 3. The van der Waals surface area contributed by atoms with E-state index in [1.54, 1.807) is 17.6 Å². The van der Waals surface area contributed by atoms with E-state index in [1.165, 1.54) is 31.4 Å². The molecule has 3 heterocycles. The van der Waals surface area contributed by atoms with Crippen molar-refractivity contribution >= 4 is 11.3 Å². The van der Waals surface area contributed by atoms with Crippen LogP contribution >= 0.6 is 11.3 Å². The Morgan fingerprint density at radius 2 is 2.37 bits per heavy atom. The van der Waals surface area contributed by atoms with Crippen LogP contribution in [0.4, 0.5) is 0 Å². The first-order valence-corrected chi connectivity index (χ1v) is 7.89. The summed E-state index contributed by atoms with van der Waals surface area (Å²) in [6.45, 7) is 4.15. The van der Waals surface area contributed by atoms with E-state index < -0.39 is 0 Å². The molecule has 0 aliphatic carbocycles. The van der Waals surface area contributed by atoms with E-state index in [-0.39, 0.29) is 0 Å². The lowest BCUT2D eigenvalue weighted by atomic mass is 10.1. The van der Waals surface area contributed by atoms with Crippen LogP contribution in [-0.4, -0.2) is 16.4 Å². The maximum atomic E-state index is 5.64. The van der Waals surface area contributed by atoms with Gasteiger partial charge in [-0.15, -0.1) is 11.3 Å². The lowest BCUT2D eigenvalue weighted by molar-refractivity contribution is 0.168. The summed E-state index contributed by atoms with van der Waals surface area (Å²) in [7, 11) is 0. The minimum atomic E-state index is 0.416. The highest BCUT2D eigenvalue weighted by atomic mass is 32.1.